The maximum absolute atomic E-state index is 5.72. The Balaban J connectivity index is 2.21. The zero-order valence-corrected chi connectivity index (χ0v) is 9.39. The monoisotopic (exact) mass is 234 g/mol. The van der Waals surface area contributed by atoms with E-state index in [1.807, 2.05) is 12.1 Å². The molecule has 0 aliphatic carbocycles. The van der Waals surface area contributed by atoms with Crippen molar-refractivity contribution in [2.24, 2.45) is 0 Å². The van der Waals surface area contributed by atoms with Gasteiger partial charge in [0.05, 0.1) is 6.61 Å². The Hall–Kier alpha value is -0.440. The Morgan fingerprint density at radius 1 is 1.21 bits per heavy atom. The molecule has 0 aliphatic heterocycles. The lowest BCUT2D eigenvalue weighted by atomic mass is 10.3. The van der Waals surface area contributed by atoms with E-state index in [0.717, 1.165) is 5.75 Å². The number of hydrogen-bond acceptors (Lipinski definition) is 2. The molecule has 14 heavy (non-hydrogen) atoms. The van der Waals surface area contributed by atoms with Gasteiger partial charge in [0.1, 0.15) is 17.9 Å². The van der Waals surface area contributed by atoms with Crippen molar-refractivity contribution in [1.82, 2.24) is 0 Å². The standard InChI is InChI=1S/C10H12Cl2O2/c1-8(11)13-6-7-14-10-4-2-9(12)3-5-10/h2-5,8H,6-7H2,1H3. The van der Waals surface area contributed by atoms with Gasteiger partial charge in [-0.05, 0) is 31.2 Å². The van der Waals surface area contributed by atoms with Crippen LogP contribution in [0.1, 0.15) is 6.92 Å². The summed E-state index contributed by atoms with van der Waals surface area (Å²) >= 11 is 11.3. The van der Waals surface area contributed by atoms with Gasteiger partial charge in [0.2, 0.25) is 0 Å². The van der Waals surface area contributed by atoms with E-state index < -0.39 is 0 Å². The van der Waals surface area contributed by atoms with Gasteiger partial charge in [-0.2, -0.15) is 0 Å². The van der Waals surface area contributed by atoms with Gasteiger partial charge in [-0.15, -0.1) is 0 Å². The fraction of sp³-hybridized carbons (Fsp3) is 0.400. The molecule has 0 saturated heterocycles. The number of benzene rings is 1. The smallest absolute Gasteiger partial charge is 0.128 e. The van der Waals surface area contributed by atoms with Crippen molar-refractivity contribution in [1.29, 1.82) is 0 Å². The quantitative estimate of drug-likeness (QED) is 0.575. The number of rotatable bonds is 5. The summed E-state index contributed by atoms with van der Waals surface area (Å²) in [6, 6.07) is 7.18. The molecule has 0 amide bonds. The Morgan fingerprint density at radius 3 is 2.43 bits per heavy atom. The van der Waals surface area contributed by atoms with Crippen LogP contribution in [0.5, 0.6) is 5.75 Å². The lowest BCUT2D eigenvalue weighted by molar-refractivity contribution is 0.0879. The highest BCUT2D eigenvalue weighted by Crippen LogP contribution is 2.15. The van der Waals surface area contributed by atoms with Crippen LogP contribution in [0.3, 0.4) is 0 Å². The molecule has 0 aliphatic rings. The van der Waals surface area contributed by atoms with Gasteiger partial charge >= 0.3 is 0 Å². The van der Waals surface area contributed by atoms with E-state index in [-0.39, 0.29) is 5.56 Å². The minimum absolute atomic E-state index is 0.274. The highest BCUT2D eigenvalue weighted by molar-refractivity contribution is 6.30. The third-order valence-corrected chi connectivity index (χ3v) is 1.89. The summed E-state index contributed by atoms with van der Waals surface area (Å²) in [4.78, 5) is 0. The van der Waals surface area contributed by atoms with Gasteiger partial charge in [0.25, 0.3) is 0 Å². The highest BCUT2D eigenvalue weighted by atomic mass is 35.5. The summed E-state index contributed by atoms with van der Waals surface area (Å²) in [5, 5.41) is 0.697. The molecule has 0 radical (unpaired) electrons. The Labute approximate surface area is 93.7 Å². The molecule has 1 atom stereocenters. The Kier molecular flexibility index (Phi) is 5.09. The van der Waals surface area contributed by atoms with E-state index in [9.17, 15) is 0 Å². The molecule has 1 rings (SSSR count). The van der Waals surface area contributed by atoms with E-state index >= 15 is 0 Å². The van der Waals surface area contributed by atoms with E-state index in [2.05, 4.69) is 0 Å². The zero-order chi connectivity index (χ0) is 10.4. The van der Waals surface area contributed by atoms with Crippen LogP contribution in [0.4, 0.5) is 0 Å². The lowest BCUT2D eigenvalue weighted by Crippen LogP contribution is -2.09. The number of ether oxygens (including phenoxy) is 2. The predicted molar refractivity (Wildman–Crippen MR) is 58.2 cm³/mol. The van der Waals surface area contributed by atoms with Crippen LogP contribution >= 0.6 is 23.2 Å². The Bertz CT molecular complexity index is 259. The van der Waals surface area contributed by atoms with E-state index in [1.165, 1.54) is 0 Å². The second-order valence-corrected chi connectivity index (χ2v) is 3.77. The summed E-state index contributed by atoms with van der Waals surface area (Å²) in [6.07, 6.45) is 0. The fourth-order valence-electron chi connectivity index (χ4n) is 0.901. The average Bonchev–Trinajstić information content (AvgIpc) is 2.15. The van der Waals surface area contributed by atoms with Crippen molar-refractivity contribution in [3.05, 3.63) is 29.3 Å². The normalized spacial score (nSPS) is 12.5. The molecule has 1 unspecified atom stereocenters. The maximum atomic E-state index is 5.72. The average molecular weight is 235 g/mol. The predicted octanol–water partition coefficient (Wildman–Crippen LogP) is 3.32. The summed E-state index contributed by atoms with van der Waals surface area (Å²) in [7, 11) is 0. The molecule has 0 spiro atoms. The van der Waals surface area contributed by atoms with Crippen molar-refractivity contribution in [2.75, 3.05) is 13.2 Å². The van der Waals surface area contributed by atoms with Crippen molar-refractivity contribution in [3.63, 3.8) is 0 Å². The first-order chi connectivity index (χ1) is 6.68. The third-order valence-electron chi connectivity index (χ3n) is 1.51. The van der Waals surface area contributed by atoms with Gasteiger partial charge < -0.3 is 9.47 Å². The summed E-state index contributed by atoms with van der Waals surface area (Å²) in [5.74, 6) is 0.778. The van der Waals surface area contributed by atoms with Crippen LogP contribution in [0.25, 0.3) is 0 Å². The summed E-state index contributed by atoms with van der Waals surface area (Å²) < 4.78 is 10.5. The molecule has 0 saturated carbocycles. The zero-order valence-electron chi connectivity index (χ0n) is 7.87. The molecule has 0 N–H and O–H groups in total. The second-order valence-electron chi connectivity index (χ2n) is 2.72. The maximum Gasteiger partial charge on any atom is 0.128 e. The van der Waals surface area contributed by atoms with Crippen molar-refractivity contribution < 1.29 is 9.47 Å². The highest BCUT2D eigenvalue weighted by Gasteiger charge is 1.96. The molecule has 0 heterocycles. The van der Waals surface area contributed by atoms with Crippen LogP contribution in [-0.4, -0.2) is 18.8 Å². The first-order valence-corrected chi connectivity index (χ1v) is 5.14. The molecule has 0 fully saturated rings. The van der Waals surface area contributed by atoms with Crippen LogP contribution in [0.2, 0.25) is 5.02 Å². The SMILES string of the molecule is CC(Cl)OCCOc1ccc(Cl)cc1. The molecule has 2 nitrogen and oxygen atoms in total. The first-order valence-electron chi connectivity index (χ1n) is 4.32. The van der Waals surface area contributed by atoms with E-state index in [1.54, 1.807) is 19.1 Å². The molecule has 1 aromatic rings. The van der Waals surface area contributed by atoms with Crippen molar-refractivity contribution >= 4 is 23.2 Å². The molecule has 4 heteroatoms. The largest absolute Gasteiger partial charge is 0.491 e. The van der Waals surface area contributed by atoms with E-state index in [0.29, 0.717) is 18.2 Å². The molecule has 0 aromatic heterocycles. The molecular weight excluding hydrogens is 223 g/mol. The minimum atomic E-state index is -0.274. The number of hydrogen-bond donors (Lipinski definition) is 0. The first kappa shape index (κ1) is 11.6. The Morgan fingerprint density at radius 2 is 1.86 bits per heavy atom. The van der Waals surface area contributed by atoms with Crippen LogP contribution in [-0.2, 0) is 4.74 Å². The number of halogens is 2. The molecule has 0 bridgehead atoms. The van der Waals surface area contributed by atoms with Gasteiger partial charge in [0, 0.05) is 5.02 Å². The molecule has 1 aromatic carbocycles. The van der Waals surface area contributed by atoms with E-state index in [4.69, 9.17) is 32.7 Å². The fourth-order valence-corrected chi connectivity index (χ4v) is 1.12. The third kappa shape index (κ3) is 4.70. The number of alkyl halides is 1. The molecule has 78 valence electrons. The van der Waals surface area contributed by atoms with Crippen molar-refractivity contribution in [3.8, 4) is 5.75 Å². The van der Waals surface area contributed by atoms with Gasteiger partial charge in [-0.25, -0.2) is 0 Å². The summed E-state index contributed by atoms with van der Waals surface area (Å²) in [6.45, 7) is 2.73. The van der Waals surface area contributed by atoms with Crippen LogP contribution in [0.15, 0.2) is 24.3 Å². The van der Waals surface area contributed by atoms with Gasteiger partial charge in [-0.1, -0.05) is 23.2 Å². The van der Waals surface area contributed by atoms with Gasteiger partial charge in [0.15, 0.2) is 0 Å². The molecular formula is C10H12Cl2O2. The summed E-state index contributed by atoms with van der Waals surface area (Å²) in [5.41, 5.74) is -0.274. The second kappa shape index (κ2) is 6.12. The van der Waals surface area contributed by atoms with Gasteiger partial charge in [-0.3, -0.25) is 0 Å². The van der Waals surface area contributed by atoms with Crippen molar-refractivity contribution in [2.45, 2.75) is 12.5 Å². The minimum Gasteiger partial charge on any atom is -0.491 e. The van der Waals surface area contributed by atoms with Crippen LogP contribution < -0.4 is 4.74 Å². The topological polar surface area (TPSA) is 18.5 Å². The lowest BCUT2D eigenvalue weighted by Gasteiger charge is -2.07. The van der Waals surface area contributed by atoms with Crippen LogP contribution in [0, 0.1) is 0 Å².